The van der Waals surface area contributed by atoms with Crippen LogP contribution in [0.25, 0.3) is 0 Å². The fraction of sp³-hybridized carbons (Fsp3) is 0.688. The van der Waals surface area contributed by atoms with Crippen LogP contribution in [0.2, 0.25) is 0 Å². The molecule has 2 N–H and O–H groups in total. The number of rotatable bonds is 5. The van der Waals surface area contributed by atoms with Crippen molar-refractivity contribution in [1.82, 2.24) is 15.5 Å². The largest absolute Gasteiger partial charge is 0.468 e. The van der Waals surface area contributed by atoms with Crippen LogP contribution >= 0.6 is 24.0 Å². The fourth-order valence-electron chi connectivity index (χ4n) is 2.85. The molecule has 0 radical (unpaired) electrons. The van der Waals surface area contributed by atoms with Crippen molar-refractivity contribution in [2.24, 2.45) is 4.99 Å². The molecule has 5 nitrogen and oxygen atoms in total. The maximum Gasteiger partial charge on any atom is 0.191 e. The van der Waals surface area contributed by atoms with Crippen molar-refractivity contribution in [2.45, 2.75) is 44.2 Å². The predicted octanol–water partition coefficient (Wildman–Crippen LogP) is 3.00. The molecule has 1 heterocycles. The van der Waals surface area contributed by atoms with Gasteiger partial charge in [-0.1, -0.05) is 19.3 Å². The first-order valence-corrected chi connectivity index (χ1v) is 7.87. The maximum absolute atomic E-state index is 5.53. The second-order valence-corrected chi connectivity index (χ2v) is 5.93. The first-order chi connectivity index (χ1) is 10.2. The Kier molecular flexibility index (Phi) is 8.85. The van der Waals surface area contributed by atoms with E-state index in [1.54, 1.807) is 6.26 Å². The number of nitrogens with one attached hydrogen (secondary N) is 2. The van der Waals surface area contributed by atoms with Gasteiger partial charge in [0.1, 0.15) is 5.76 Å². The number of halogens is 1. The lowest BCUT2D eigenvalue weighted by Gasteiger charge is -2.27. The maximum atomic E-state index is 5.53. The normalized spacial score (nSPS) is 17.9. The summed E-state index contributed by atoms with van der Waals surface area (Å²) in [5.74, 6) is 1.86. The van der Waals surface area contributed by atoms with Crippen LogP contribution in [0.1, 0.15) is 43.9 Å². The van der Waals surface area contributed by atoms with Crippen LogP contribution in [-0.2, 0) is 0 Å². The summed E-state index contributed by atoms with van der Waals surface area (Å²) in [7, 11) is 5.95. The lowest BCUT2D eigenvalue weighted by atomic mass is 9.96. The van der Waals surface area contributed by atoms with Crippen LogP contribution in [0.5, 0.6) is 0 Å². The van der Waals surface area contributed by atoms with Gasteiger partial charge in [-0.3, -0.25) is 9.89 Å². The monoisotopic (exact) mass is 420 g/mol. The minimum absolute atomic E-state index is 0. The quantitative estimate of drug-likeness (QED) is 0.437. The fourth-order valence-corrected chi connectivity index (χ4v) is 2.85. The van der Waals surface area contributed by atoms with Crippen molar-refractivity contribution in [1.29, 1.82) is 0 Å². The molecule has 0 aromatic carbocycles. The van der Waals surface area contributed by atoms with E-state index in [4.69, 9.17) is 4.42 Å². The van der Waals surface area contributed by atoms with E-state index >= 15 is 0 Å². The number of hydrogen-bond acceptors (Lipinski definition) is 3. The molecule has 2 rings (SSSR count). The molecule has 1 atom stereocenters. The van der Waals surface area contributed by atoms with Gasteiger partial charge in [0, 0.05) is 19.6 Å². The third-order valence-electron chi connectivity index (χ3n) is 4.13. The Morgan fingerprint density at radius 2 is 2.09 bits per heavy atom. The van der Waals surface area contributed by atoms with Crippen LogP contribution < -0.4 is 10.6 Å². The SMILES string of the molecule is CN=C(NCC(c1ccco1)N(C)C)NC1CCCCC1.I. The van der Waals surface area contributed by atoms with E-state index in [2.05, 4.69) is 34.6 Å². The van der Waals surface area contributed by atoms with E-state index in [-0.39, 0.29) is 30.0 Å². The second-order valence-electron chi connectivity index (χ2n) is 5.93. The molecule has 1 unspecified atom stereocenters. The van der Waals surface area contributed by atoms with Gasteiger partial charge in [0.15, 0.2) is 5.96 Å². The summed E-state index contributed by atoms with van der Waals surface area (Å²) < 4.78 is 5.53. The van der Waals surface area contributed by atoms with Crippen molar-refractivity contribution in [3.05, 3.63) is 24.2 Å². The van der Waals surface area contributed by atoms with Crippen molar-refractivity contribution in [3.63, 3.8) is 0 Å². The standard InChI is InChI=1S/C16H28N4O.HI/c1-17-16(19-13-8-5-4-6-9-13)18-12-14(20(2)3)15-10-7-11-21-15;/h7,10-11,13-14H,4-6,8-9,12H2,1-3H3,(H2,17,18,19);1H. The lowest BCUT2D eigenvalue weighted by molar-refractivity contribution is 0.257. The number of furan rings is 1. The van der Waals surface area contributed by atoms with Gasteiger partial charge >= 0.3 is 0 Å². The molecule has 0 spiro atoms. The summed E-state index contributed by atoms with van der Waals surface area (Å²) >= 11 is 0. The Hall–Kier alpha value is -0.760. The smallest absolute Gasteiger partial charge is 0.191 e. The van der Waals surface area contributed by atoms with E-state index < -0.39 is 0 Å². The summed E-state index contributed by atoms with van der Waals surface area (Å²) in [6.45, 7) is 0.771. The molecule has 0 bridgehead atoms. The molecular formula is C16H29IN4O. The molecule has 1 aromatic rings. The minimum atomic E-state index is 0. The zero-order valence-corrected chi connectivity index (χ0v) is 16.2. The van der Waals surface area contributed by atoms with Crippen molar-refractivity contribution < 1.29 is 4.42 Å². The summed E-state index contributed by atoms with van der Waals surface area (Å²) in [5.41, 5.74) is 0. The summed E-state index contributed by atoms with van der Waals surface area (Å²) in [6, 6.07) is 4.71. The molecule has 1 fully saturated rings. The Balaban J connectivity index is 0.00000242. The zero-order chi connectivity index (χ0) is 15.1. The zero-order valence-electron chi connectivity index (χ0n) is 13.8. The molecule has 6 heteroatoms. The average molecular weight is 420 g/mol. The van der Waals surface area contributed by atoms with Gasteiger partial charge in [0.2, 0.25) is 0 Å². The van der Waals surface area contributed by atoms with E-state index in [1.807, 2.05) is 19.2 Å². The molecule has 1 aliphatic rings. The van der Waals surface area contributed by atoms with E-state index in [9.17, 15) is 0 Å². The van der Waals surface area contributed by atoms with Crippen LogP contribution in [0.4, 0.5) is 0 Å². The summed E-state index contributed by atoms with van der Waals surface area (Å²) in [6.07, 6.45) is 8.22. The Morgan fingerprint density at radius 3 is 2.64 bits per heavy atom. The minimum Gasteiger partial charge on any atom is -0.468 e. The van der Waals surface area contributed by atoms with Gasteiger partial charge in [-0.25, -0.2) is 0 Å². The summed E-state index contributed by atoms with van der Waals surface area (Å²) in [4.78, 5) is 6.49. The highest BCUT2D eigenvalue weighted by Gasteiger charge is 2.19. The van der Waals surface area contributed by atoms with E-state index in [1.165, 1.54) is 32.1 Å². The number of aliphatic imine (C=N–C) groups is 1. The third-order valence-corrected chi connectivity index (χ3v) is 4.13. The molecule has 0 saturated heterocycles. The van der Waals surface area contributed by atoms with Crippen LogP contribution in [-0.4, -0.2) is 44.6 Å². The first-order valence-electron chi connectivity index (χ1n) is 7.87. The average Bonchev–Trinajstić information content (AvgIpc) is 3.01. The van der Waals surface area contributed by atoms with Crippen LogP contribution in [0.3, 0.4) is 0 Å². The summed E-state index contributed by atoms with van der Waals surface area (Å²) in [5, 5.41) is 6.96. The van der Waals surface area contributed by atoms with E-state index in [0.29, 0.717) is 6.04 Å². The Bertz CT molecular complexity index is 427. The Morgan fingerprint density at radius 1 is 1.36 bits per heavy atom. The molecule has 1 aliphatic carbocycles. The molecule has 22 heavy (non-hydrogen) atoms. The molecular weight excluding hydrogens is 391 g/mol. The number of likely N-dealkylation sites (N-methyl/N-ethyl adjacent to an activating group) is 1. The van der Waals surface area contributed by atoms with Crippen LogP contribution in [0, 0.1) is 0 Å². The molecule has 0 amide bonds. The van der Waals surface area contributed by atoms with Crippen molar-refractivity contribution in [2.75, 3.05) is 27.7 Å². The lowest BCUT2D eigenvalue weighted by Crippen LogP contribution is -2.46. The second kappa shape index (κ2) is 10.1. The predicted molar refractivity (Wildman–Crippen MR) is 102 cm³/mol. The van der Waals surface area contributed by atoms with Gasteiger partial charge in [0.05, 0.1) is 12.3 Å². The molecule has 126 valence electrons. The third kappa shape index (κ3) is 5.79. The van der Waals surface area contributed by atoms with Crippen molar-refractivity contribution >= 4 is 29.9 Å². The molecule has 0 aliphatic heterocycles. The van der Waals surface area contributed by atoms with Gasteiger partial charge in [-0.2, -0.15) is 0 Å². The van der Waals surface area contributed by atoms with Gasteiger partial charge in [-0.15, -0.1) is 24.0 Å². The molecule has 1 saturated carbocycles. The first kappa shape index (κ1) is 19.3. The topological polar surface area (TPSA) is 52.8 Å². The molecule has 1 aromatic heterocycles. The van der Waals surface area contributed by atoms with Crippen LogP contribution in [0.15, 0.2) is 27.8 Å². The van der Waals surface area contributed by atoms with Gasteiger partial charge in [-0.05, 0) is 39.1 Å². The number of hydrogen-bond donors (Lipinski definition) is 2. The van der Waals surface area contributed by atoms with Gasteiger partial charge in [0.25, 0.3) is 0 Å². The highest BCUT2D eigenvalue weighted by molar-refractivity contribution is 14.0. The highest BCUT2D eigenvalue weighted by Crippen LogP contribution is 2.18. The highest BCUT2D eigenvalue weighted by atomic mass is 127. The van der Waals surface area contributed by atoms with E-state index in [0.717, 1.165) is 18.3 Å². The van der Waals surface area contributed by atoms with Gasteiger partial charge < -0.3 is 15.1 Å². The number of nitrogens with zero attached hydrogens (tertiary/aromatic N) is 2. The number of guanidine groups is 1. The van der Waals surface area contributed by atoms with Crippen molar-refractivity contribution in [3.8, 4) is 0 Å². The Labute approximate surface area is 150 Å².